The van der Waals surface area contributed by atoms with Crippen molar-refractivity contribution in [3.8, 4) is 0 Å². The monoisotopic (exact) mass is 336 g/mol. The lowest BCUT2D eigenvalue weighted by Gasteiger charge is -2.34. The predicted octanol–water partition coefficient (Wildman–Crippen LogP) is 0.999. The van der Waals surface area contributed by atoms with E-state index in [4.69, 9.17) is 4.74 Å². The van der Waals surface area contributed by atoms with Crippen molar-refractivity contribution in [2.24, 2.45) is 5.92 Å². The summed E-state index contributed by atoms with van der Waals surface area (Å²) in [5, 5.41) is 3.08. The van der Waals surface area contributed by atoms with Crippen molar-refractivity contribution < 1.29 is 9.53 Å². The van der Waals surface area contributed by atoms with Gasteiger partial charge in [0.2, 0.25) is 0 Å². The van der Waals surface area contributed by atoms with E-state index in [9.17, 15) is 4.79 Å². The summed E-state index contributed by atoms with van der Waals surface area (Å²) < 4.78 is 5.81. The maximum Gasteiger partial charge on any atom is 0.317 e. The van der Waals surface area contributed by atoms with Gasteiger partial charge in [-0.05, 0) is 12.3 Å². The first-order valence-electron chi connectivity index (χ1n) is 9.37. The number of rotatable bonds is 5. The van der Waals surface area contributed by atoms with Crippen molar-refractivity contribution >= 4 is 6.03 Å². The predicted molar refractivity (Wildman–Crippen MR) is 95.1 cm³/mol. The van der Waals surface area contributed by atoms with Crippen molar-refractivity contribution in [3.05, 3.63) is 12.2 Å². The summed E-state index contributed by atoms with van der Waals surface area (Å²) in [6, 6.07) is 0.576. The second-order valence-electron chi connectivity index (χ2n) is 7.65. The largest absolute Gasteiger partial charge is 0.374 e. The van der Waals surface area contributed by atoms with Gasteiger partial charge in [-0.15, -0.1) is 0 Å². The zero-order valence-electron chi connectivity index (χ0n) is 15.1. The molecule has 2 saturated heterocycles. The molecule has 0 spiro atoms. The molecule has 136 valence electrons. The maximum atomic E-state index is 12.4. The molecule has 0 radical (unpaired) electrons. The van der Waals surface area contributed by atoms with Crippen LogP contribution in [0.5, 0.6) is 0 Å². The van der Waals surface area contributed by atoms with E-state index in [1.165, 1.54) is 0 Å². The lowest BCUT2D eigenvalue weighted by atomic mass is 10.2. The fraction of sp³-hybridized carbons (Fsp3) is 0.833. The Morgan fingerprint density at radius 2 is 2.04 bits per heavy atom. The quantitative estimate of drug-likeness (QED) is 0.761. The molecule has 0 aliphatic carbocycles. The van der Waals surface area contributed by atoms with E-state index < -0.39 is 0 Å². The van der Waals surface area contributed by atoms with Crippen LogP contribution < -0.4 is 5.32 Å². The van der Waals surface area contributed by atoms with E-state index in [0.29, 0.717) is 18.5 Å². The van der Waals surface area contributed by atoms with Gasteiger partial charge in [0.05, 0.1) is 12.7 Å². The Balaban J connectivity index is 1.38. The molecule has 2 amide bonds. The zero-order valence-corrected chi connectivity index (χ0v) is 15.1. The first-order chi connectivity index (χ1) is 11.6. The highest BCUT2D eigenvalue weighted by Gasteiger charge is 2.31. The summed E-state index contributed by atoms with van der Waals surface area (Å²) >= 11 is 0. The molecule has 3 rings (SSSR count). The number of carbonyl (C=O) groups is 1. The van der Waals surface area contributed by atoms with Crippen LogP contribution in [0, 0.1) is 5.92 Å². The third-order valence-corrected chi connectivity index (χ3v) is 5.14. The minimum atomic E-state index is 0.0641. The molecule has 0 saturated carbocycles. The number of nitrogens with zero attached hydrogens (tertiary/aromatic N) is 3. The van der Waals surface area contributed by atoms with Crippen LogP contribution in [0.3, 0.4) is 0 Å². The van der Waals surface area contributed by atoms with Crippen molar-refractivity contribution in [2.75, 3.05) is 59.0 Å². The molecule has 0 aromatic rings. The Morgan fingerprint density at radius 1 is 1.25 bits per heavy atom. The standard InChI is InChI=1S/C18H32N4O2/c1-15(2)12-20-9-10-24-17(14-20)11-19-18(23)22-8-5-16(13-22)21-6-3-4-7-21/h3-4,15-17H,5-14H2,1-2H3,(H,19,23)/t16-,17-/m1/s1. The number of urea groups is 1. The highest BCUT2D eigenvalue weighted by atomic mass is 16.5. The summed E-state index contributed by atoms with van der Waals surface area (Å²) in [7, 11) is 0. The van der Waals surface area contributed by atoms with Crippen LogP contribution in [0.1, 0.15) is 20.3 Å². The van der Waals surface area contributed by atoms with E-state index >= 15 is 0 Å². The van der Waals surface area contributed by atoms with E-state index in [2.05, 4.69) is 41.1 Å². The summed E-state index contributed by atoms with van der Waals surface area (Å²) in [6.07, 6.45) is 5.62. The zero-order chi connectivity index (χ0) is 16.9. The van der Waals surface area contributed by atoms with Crippen molar-refractivity contribution in [1.82, 2.24) is 20.0 Å². The normalized spacial score (nSPS) is 28.9. The van der Waals surface area contributed by atoms with Crippen LogP contribution in [0.15, 0.2) is 12.2 Å². The molecule has 6 nitrogen and oxygen atoms in total. The Labute approximate surface area is 145 Å². The molecular formula is C18H32N4O2. The van der Waals surface area contributed by atoms with E-state index in [1.54, 1.807) is 0 Å². The van der Waals surface area contributed by atoms with Crippen LogP contribution in [-0.2, 0) is 4.74 Å². The highest BCUT2D eigenvalue weighted by Crippen LogP contribution is 2.17. The number of morpholine rings is 1. The van der Waals surface area contributed by atoms with Gasteiger partial charge in [0.1, 0.15) is 0 Å². The molecule has 2 fully saturated rings. The van der Waals surface area contributed by atoms with E-state index in [-0.39, 0.29) is 12.1 Å². The average Bonchev–Trinajstić information content (AvgIpc) is 3.23. The first-order valence-corrected chi connectivity index (χ1v) is 9.37. The van der Waals surface area contributed by atoms with Crippen LogP contribution in [0.25, 0.3) is 0 Å². The number of hydrogen-bond donors (Lipinski definition) is 1. The molecule has 24 heavy (non-hydrogen) atoms. The van der Waals surface area contributed by atoms with Gasteiger partial charge in [0.25, 0.3) is 0 Å². The molecule has 0 aromatic heterocycles. The van der Waals surface area contributed by atoms with Crippen LogP contribution >= 0.6 is 0 Å². The van der Waals surface area contributed by atoms with Gasteiger partial charge < -0.3 is 15.0 Å². The minimum Gasteiger partial charge on any atom is -0.374 e. The smallest absolute Gasteiger partial charge is 0.317 e. The van der Waals surface area contributed by atoms with Crippen LogP contribution in [-0.4, -0.2) is 91.8 Å². The van der Waals surface area contributed by atoms with Crippen molar-refractivity contribution in [3.63, 3.8) is 0 Å². The number of ether oxygens (including phenoxy) is 1. The molecule has 3 aliphatic heterocycles. The lowest BCUT2D eigenvalue weighted by Crippen LogP contribution is -2.50. The van der Waals surface area contributed by atoms with E-state index in [1.807, 2.05) is 4.90 Å². The third kappa shape index (κ3) is 4.71. The third-order valence-electron chi connectivity index (χ3n) is 5.14. The summed E-state index contributed by atoms with van der Waals surface area (Å²) in [5.41, 5.74) is 0. The second-order valence-corrected chi connectivity index (χ2v) is 7.65. The van der Waals surface area contributed by atoms with E-state index in [0.717, 1.165) is 58.8 Å². The number of hydrogen-bond acceptors (Lipinski definition) is 4. The Kier molecular flexibility index (Phi) is 6.14. The first kappa shape index (κ1) is 17.7. The van der Waals surface area contributed by atoms with Gasteiger partial charge in [-0.2, -0.15) is 0 Å². The topological polar surface area (TPSA) is 48.1 Å². The number of likely N-dealkylation sites (tertiary alicyclic amines) is 1. The minimum absolute atomic E-state index is 0.0641. The fourth-order valence-corrected chi connectivity index (χ4v) is 3.92. The van der Waals surface area contributed by atoms with Gasteiger partial charge in [0.15, 0.2) is 0 Å². The molecule has 0 bridgehead atoms. The number of nitrogens with one attached hydrogen (secondary N) is 1. The SMILES string of the molecule is CC(C)CN1CCO[C@H](CNC(=O)N2CC[C@@H](N3CC=CC3)C2)C1. The van der Waals surface area contributed by atoms with Gasteiger partial charge in [-0.25, -0.2) is 4.79 Å². The van der Waals surface area contributed by atoms with Gasteiger partial charge >= 0.3 is 6.03 Å². The van der Waals surface area contributed by atoms with Gasteiger partial charge in [0, 0.05) is 58.4 Å². The van der Waals surface area contributed by atoms with Gasteiger partial charge in [-0.3, -0.25) is 9.80 Å². The highest BCUT2D eigenvalue weighted by molar-refractivity contribution is 5.74. The fourth-order valence-electron chi connectivity index (χ4n) is 3.92. The second kappa shape index (κ2) is 8.32. The summed E-state index contributed by atoms with van der Waals surface area (Å²) in [4.78, 5) is 19.3. The molecule has 2 atom stereocenters. The Morgan fingerprint density at radius 3 is 2.79 bits per heavy atom. The van der Waals surface area contributed by atoms with Crippen molar-refractivity contribution in [1.29, 1.82) is 0 Å². The molecule has 3 aliphatic rings. The molecule has 0 unspecified atom stereocenters. The number of carbonyl (C=O) groups excluding carboxylic acids is 1. The average molecular weight is 336 g/mol. The summed E-state index contributed by atoms with van der Waals surface area (Å²) in [6.45, 7) is 12.6. The van der Waals surface area contributed by atoms with Gasteiger partial charge in [-0.1, -0.05) is 26.0 Å². The molecule has 3 heterocycles. The van der Waals surface area contributed by atoms with Crippen molar-refractivity contribution in [2.45, 2.75) is 32.4 Å². The Bertz CT molecular complexity index is 446. The lowest BCUT2D eigenvalue weighted by molar-refractivity contribution is -0.0293. The Hall–Kier alpha value is -1.11. The van der Waals surface area contributed by atoms with Crippen LogP contribution in [0.4, 0.5) is 4.79 Å². The molecule has 1 N–H and O–H groups in total. The number of amides is 2. The maximum absolute atomic E-state index is 12.4. The summed E-state index contributed by atoms with van der Waals surface area (Å²) in [5.74, 6) is 0.667. The molecule has 0 aromatic carbocycles. The van der Waals surface area contributed by atoms with Crippen LogP contribution in [0.2, 0.25) is 0 Å². The molecular weight excluding hydrogens is 304 g/mol. The molecule has 6 heteroatoms.